The smallest absolute Gasteiger partial charge is 0.338 e. The van der Waals surface area contributed by atoms with Gasteiger partial charge in [0.2, 0.25) is 5.91 Å². The van der Waals surface area contributed by atoms with Crippen LogP contribution in [0.5, 0.6) is 5.75 Å². The summed E-state index contributed by atoms with van der Waals surface area (Å²) in [4.78, 5) is 25.6. The molecule has 0 aliphatic heterocycles. The van der Waals surface area contributed by atoms with E-state index in [0.29, 0.717) is 28.3 Å². The molecule has 208 valence electrons. The second-order valence-corrected chi connectivity index (χ2v) is 12.0. The van der Waals surface area contributed by atoms with Crippen LogP contribution in [0.4, 0.5) is 0 Å². The third-order valence-corrected chi connectivity index (χ3v) is 7.67. The molecule has 7 nitrogen and oxygen atoms in total. The Kier molecular flexibility index (Phi) is 10.7. The number of nitrogens with two attached hydrogens (primary N) is 1. The molecule has 0 saturated carbocycles. The monoisotopic (exact) mass is 570 g/mol. The van der Waals surface area contributed by atoms with Crippen molar-refractivity contribution >= 4 is 34.5 Å². The van der Waals surface area contributed by atoms with Gasteiger partial charge in [0.25, 0.3) is 0 Å². The molecule has 0 heterocycles. The summed E-state index contributed by atoms with van der Waals surface area (Å²) in [6.07, 6.45) is 1.79. The lowest BCUT2D eigenvalue weighted by atomic mass is 10.0. The topological polar surface area (TPSA) is 98.9 Å². The molecule has 2 atom stereocenters. The van der Waals surface area contributed by atoms with E-state index < -0.39 is 34.5 Å². The number of halogens is 1. The number of methoxy groups -OCH3 is 1. The van der Waals surface area contributed by atoms with Crippen LogP contribution in [0.1, 0.15) is 55.1 Å². The van der Waals surface area contributed by atoms with E-state index in [1.165, 1.54) is 0 Å². The van der Waals surface area contributed by atoms with Crippen LogP contribution in [0.15, 0.2) is 77.7 Å². The van der Waals surface area contributed by atoms with E-state index in [2.05, 4.69) is 0 Å². The van der Waals surface area contributed by atoms with Gasteiger partial charge in [-0.15, -0.1) is 0 Å². The maximum absolute atomic E-state index is 13.7. The lowest BCUT2D eigenvalue weighted by molar-refractivity contribution is -0.122. The van der Waals surface area contributed by atoms with Gasteiger partial charge in [0.1, 0.15) is 28.4 Å². The van der Waals surface area contributed by atoms with Gasteiger partial charge < -0.3 is 15.2 Å². The molecule has 9 heteroatoms. The number of carbonyl (C=O) groups excluding carboxylic acids is 2. The number of aryl methyl sites for hydroxylation is 1. The molecule has 0 spiro atoms. The molecule has 3 aromatic rings. The predicted molar refractivity (Wildman–Crippen MR) is 154 cm³/mol. The molecular weight excluding hydrogens is 536 g/mol. The molecule has 2 unspecified atom stereocenters. The van der Waals surface area contributed by atoms with Crippen LogP contribution in [0.2, 0.25) is 5.02 Å². The minimum atomic E-state index is -1.69. The van der Waals surface area contributed by atoms with Gasteiger partial charge >= 0.3 is 5.97 Å². The molecule has 0 aliphatic rings. The number of esters is 1. The zero-order valence-corrected chi connectivity index (χ0v) is 24.3. The van der Waals surface area contributed by atoms with Crippen LogP contribution in [0.3, 0.4) is 0 Å². The van der Waals surface area contributed by atoms with E-state index >= 15 is 0 Å². The van der Waals surface area contributed by atoms with Crippen molar-refractivity contribution in [2.45, 2.75) is 63.1 Å². The fourth-order valence-corrected chi connectivity index (χ4v) is 5.43. The van der Waals surface area contributed by atoms with Gasteiger partial charge in [0.15, 0.2) is 0 Å². The molecule has 0 saturated heterocycles. The SMILES string of the molecule is COc1ccc(CCCC(C(N)=O)N(Cc2ccc(C(=O)OC(C)(C)C)cc2)S(=O)c2ccc(Cl)cc2)cc1. The van der Waals surface area contributed by atoms with E-state index in [4.69, 9.17) is 26.8 Å². The first-order chi connectivity index (χ1) is 18.5. The normalized spacial score (nSPS) is 13.1. The first-order valence-electron chi connectivity index (χ1n) is 12.7. The Balaban J connectivity index is 1.82. The summed E-state index contributed by atoms with van der Waals surface area (Å²) in [6.45, 7) is 5.60. The summed E-state index contributed by atoms with van der Waals surface area (Å²) in [6, 6.07) is 20.5. The van der Waals surface area contributed by atoms with Gasteiger partial charge in [0, 0.05) is 11.6 Å². The Bertz CT molecular complexity index is 1270. The van der Waals surface area contributed by atoms with E-state index in [1.807, 2.05) is 45.0 Å². The number of nitrogens with zero attached hydrogens (tertiary/aromatic N) is 1. The second kappa shape index (κ2) is 13.7. The Labute approximate surface area is 237 Å². The number of benzene rings is 3. The molecular formula is C30H35ClN2O5S. The van der Waals surface area contributed by atoms with Crippen LogP contribution in [-0.4, -0.2) is 39.1 Å². The molecule has 0 aromatic heterocycles. The molecule has 0 aliphatic carbocycles. The van der Waals surface area contributed by atoms with Gasteiger partial charge in [-0.05, 0) is 99.7 Å². The Morgan fingerprint density at radius 2 is 1.54 bits per heavy atom. The summed E-state index contributed by atoms with van der Waals surface area (Å²) in [5.74, 6) is -0.211. The Hall–Kier alpha value is -3.20. The van der Waals surface area contributed by atoms with Crippen molar-refractivity contribution in [2.75, 3.05) is 7.11 Å². The van der Waals surface area contributed by atoms with Crippen molar-refractivity contribution in [3.8, 4) is 5.75 Å². The zero-order valence-electron chi connectivity index (χ0n) is 22.7. The summed E-state index contributed by atoms with van der Waals surface area (Å²) < 4.78 is 26.0. The van der Waals surface area contributed by atoms with E-state index in [0.717, 1.165) is 23.3 Å². The highest BCUT2D eigenvalue weighted by Gasteiger charge is 2.29. The summed E-state index contributed by atoms with van der Waals surface area (Å²) in [5.41, 5.74) is 7.52. The number of hydrogen-bond acceptors (Lipinski definition) is 5. The first kappa shape index (κ1) is 30.3. The number of amides is 1. The van der Waals surface area contributed by atoms with Crippen LogP contribution in [0, 0.1) is 0 Å². The molecule has 39 heavy (non-hydrogen) atoms. The van der Waals surface area contributed by atoms with Crippen molar-refractivity contribution in [1.29, 1.82) is 0 Å². The molecule has 3 aromatic carbocycles. The lowest BCUT2D eigenvalue weighted by Crippen LogP contribution is -2.45. The second-order valence-electron chi connectivity index (χ2n) is 10.1. The fourth-order valence-electron chi connectivity index (χ4n) is 3.95. The largest absolute Gasteiger partial charge is 0.497 e. The molecule has 0 radical (unpaired) electrons. The van der Waals surface area contributed by atoms with E-state index in [-0.39, 0.29) is 6.54 Å². The highest BCUT2D eigenvalue weighted by molar-refractivity contribution is 7.82. The molecule has 2 N–H and O–H groups in total. The first-order valence-corrected chi connectivity index (χ1v) is 14.1. The quantitative estimate of drug-likeness (QED) is 0.281. The van der Waals surface area contributed by atoms with Crippen molar-refractivity contribution < 1.29 is 23.3 Å². The maximum Gasteiger partial charge on any atom is 0.338 e. The average molecular weight is 571 g/mol. The minimum absolute atomic E-state index is 0.181. The number of carbonyl (C=O) groups is 2. The van der Waals surface area contributed by atoms with Crippen LogP contribution >= 0.6 is 11.6 Å². The third-order valence-electron chi connectivity index (χ3n) is 5.93. The highest BCUT2D eigenvalue weighted by Crippen LogP contribution is 2.23. The van der Waals surface area contributed by atoms with Crippen LogP contribution in [-0.2, 0) is 33.5 Å². The minimum Gasteiger partial charge on any atom is -0.497 e. The summed E-state index contributed by atoms with van der Waals surface area (Å²) >= 11 is 6.03. The Morgan fingerprint density at radius 1 is 0.949 bits per heavy atom. The fraction of sp³-hybridized carbons (Fsp3) is 0.333. The number of primary amides is 1. The van der Waals surface area contributed by atoms with Gasteiger partial charge in [0.05, 0.1) is 17.6 Å². The number of hydrogen-bond donors (Lipinski definition) is 1. The summed E-state index contributed by atoms with van der Waals surface area (Å²) in [5, 5.41) is 0.519. The van der Waals surface area contributed by atoms with Crippen molar-refractivity contribution in [3.05, 3.63) is 94.5 Å². The summed E-state index contributed by atoms with van der Waals surface area (Å²) in [7, 11) is -0.0768. The molecule has 1 amide bonds. The maximum atomic E-state index is 13.7. The third kappa shape index (κ3) is 9.20. The van der Waals surface area contributed by atoms with Crippen molar-refractivity contribution in [1.82, 2.24) is 4.31 Å². The standard InChI is InChI=1S/C30H35ClN2O5S/c1-30(2,3)38-29(35)23-12-8-22(9-13-23)20-33(39(36)26-18-14-24(31)15-19-26)27(28(32)34)7-5-6-21-10-16-25(37-4)17-11-21/h8-19,27H,5-7,20H2,1-4H3,(H2,32,34). The number of rotatable bonds is 12. The van der Waals surface area contributed by atoms with Gasteiger partial charge in [-0.3, -0.25) is 4.79 Å². The molecule has 0 fully saturated rings. The van der Waals surface area contributed by atoms with Crippen molar-refractivity contribution in [2.24, 2.45) is 5.73 Å². The molecule has 0 bridgehead atoms. The zero-order chi connectivity index (χ0) is 28.6. The van der Waals surface area contributed by atoms with Gasteiger partial charge in [-0.2, -0.15) is 0 Å². The van der Waals surface area contributed by atoms with Crippen molar-refractivity contribution in [3.63, 3.8) is 0 Å². The van der Waals surface area contributed by atoms with Gasteiger partial charge in [-0.25, -0.2) is 13.3 Å². The predicted octanol–water partition coefficient (Wildman–Crippen LogP) is 5.71. The van der Waals surface area contributed by atoms with Crippen LogP contribution < -0.4 is 10.5 Å². The molecule has 3 rings (SSSR count). The van der Waals surface area contributed by atoms with Crippen LogP contribution in [0.25, 0.3) is 0 Å². The Morgan fingerprint density at radius 3 is 2.08 bits per heavy atom. The van der Waals surface area contributed by atoms with E-state index in [9.17, 15) is 13.8 Å². The number of ether oxygens (including phenoxy) is 2. The average Bonchev–Trinajstić information content (AvgIpc) is 2.89. The van der Waals surface area contributed by atoms with Gasteiger partial charge in [-0.1, -0.05) is 35.9 Å². The highest BCUT2D eigenvalue weighted by atomic mass is 35.5. The lowest BCUT2D eigenvalue weighted by Gasteiger charge is -2.28. The van der Waals surface area contributed by atoms with E-state index in [1.54, 1.807) is 59.9 Å².